The second kappa shape index (κ2) is 4.68. The second-order valence-corrected chi connectivity index (χ2v) is 4.53. The second-order valence-electron chi connectivity index (χ2n) is 4.53. The molecule has 1 aliphatic carbocycles. The topological polar surface area (TPSA) is 66.4 Å². The predicted molar refractivity (Wildman–Crippen MR) is 61.0 cm³/mol. The van der Waals surface area contributed by atoms with Gasteiger partial charge in [-0.25, -0.2) is 4.79 Å². The van der Waals surface area contributed by atoms with Crippen molar-refractivity contribution in [3.63, 3.8) is 0 Å². The molecule has 1 fully saturated rings. The largest absolute Gasteiger partial charge is 0.480 e. The summed E-state index contributed by atoms with van der Waals surface area (Å²) in [6, 6.07) is 0. The van der Waals surface area contributed by atoms with E-state index in [0.29, 0.717) is 5.57 Å². The predicted octanol–water partition coefficient (Wildman–Crippen LogP) is 1.71. The van der Waals surface area contributed by atoms with Gasteiger partial charge in [0.15, 0.2) is 0 Å². The Kier molecular flexibility index (Phi) is 3.73. The van der Waals surface area contributed by atoms with E-state index in [0.717, 1.165) is 19.3 Å². The van der Waals surface area contributed by atoms with Crippen molar-refractivity contribution in [2.75, 3.05) is 0 Å². The van der Waals surface area contributed by atoms with E-state index < -0.39 is 11.5 Å². The quantitative estimate of drug-likeness (QED) is 0.700. The van der Waals surface area contributed by atoms with Gasteiger partial charge in [0.05, 0.1) is 0 Å². The van der Waals surface area contributed by atoms with Gasteiger partial charge in [-0.15, -0.1) is 0 Å². The average molecular weight is 225 g/mol. The number of hydrogen-bond acceptors (Lipinski definition) is 2. The lowest BCUT2D eigenvalue weighted by molar-refractivity contribution is -0.147. The number of amides is 1. The van der Waals surface area contributed by atoms with Gasteiger partial charge < -0.3 is 10.4 Å². The number of aliphatic carboxylic acids is 1. The van der Waals surface area contributed by atoms with Gasteiger partial charge in [-0.05, 0) is 39.0 Å². The van der Waals surface area contributed by atoms with Crippen LogP contribution in [0.25, 0.3) is 0 Å². The number of carboxylic acids is 1. The van der Waals surface area contributed by atoms with Gasteiger partial charge in [-0.2, -0.15) is 0 Å². The minimum Gasteiger partial charge on any atom is -0.480 e. The Morgan fingerprint density at radius 1 is 1.50 bits per heavy atom. The van der Waals surface area contributed by atoms with E-state index in [9.17, 15) is 9.59 Å². The molecule has 0 aromatic heterocycles. The standard InChI is InChI=1S/C12H19NO3/c1-4-5-8(2)10(14)13-12(3,11(15)16)9-6-7-9/h5,9H,4,6-7H2,1-3H3,(H,13,14)(H,15,16)/b8-5+. The molecule has 4 nitrogen and oxygen atoms in total. The van der Waals surface area contributed by atoms with Crippen LogP contribution in [-0.2, 0) is 9.59 Å². The Labute approximate surface area is 95.7 Å². The molecule has 2 N–H and O–H groups in total. The summed E-state index contributed by atoms with van der Waals surface area (Å²) < 4.78 is 0. The number of rotatable bonds is 5. The van der Waals surface area contributed by atoms with Gasteiger partial charge >= 0.3 is 5.97 Å². The van der Waals surface area contributed by atoms with E-state index in [4.69, 9.17) is 5.11 Å². The summed E-state index contributed by atoms with van der Waals surface area (Å²) in [5.74, 6) is -1.16. The van der Waals surface area contributed by atoms with Crippen LogP contribution >= 0.6 is 0 Å². The van der Waals surface area contributed by atoms with Crippen LogP contribution in [0.15, 0.2) is 11.6 Å². The van der Waals surface area contributed by atoms with E-state index in [1.807, 2.05) is 6.92 Å². The van der Waals surface area contributed by atoms with Crippen molar-refractivity contribution in [2.45, 2.75) is 45.6 Å². The first kappa shape index (κ1) is 12.7. The minimum atomic E-state index is -1.11. The SMILES string of the molecule is CC/C=C(\C)C(=O)NC(C)(C(=O)O)C1CC1. The van der Waals surface area contributed by atoms with Gasteiger partial charge in [-0.1, -0.05) is 13.0 Å². The number of carbonyl (C=O) groups excluding carboxylic acids is 1. The molecule has 0 radical (unpaired) electrons. The number of carbonyl (C=O) groups is 2. The van der Waals surface area contributed by atoms with Crippen LogP contribution in [0.4, 0.5) is 0 Å². The van der Waals surface area contributed by atoms with Crippen molar-refractivity contribution in [1.82, 2.24) is 5.32 Å². The fourth-order valence-electron chi connectivity index (χ4n) is 1.72. The summed E-state index contributed by atoms with van der Waals surface area (Å²) in [4.78, 5) is 22.9. The lowest BCUT2D eigenvalue weighted by Gasteiger charge is -2.26. The van der Waals surface area contributed by atoms with Gasteiger partial charge in [0.25, 0.3) is 0 Å². The molecule has 0 aliphatic heterocycles. The third kappa shape index (κ3) is 2.62. The third-order valence-electron chi connectivity index (χ3n) is 3.08. The lowest BCUT2D eigenvalue weighted by Crippen LogP contribution is -2.54. The average Bonchev–Trinajstić information content (AvgIpc) is 3.00. The number of nitrogens with one attached hydrogen (secondary N) is 1. The molecule has 0 heterocycles. The lowest BCUT2D eigenvalue weighted by atomic mass is 9.95. The zero-order valence-corrected chi connectivity index (χ0v) is 10.0. The van der Waals surface area contributed by atoms with Crippen molar-refractivity contribution in [3.05, 3.63) is 11.6 Å². The first-order chi connectivity index (χ1) is 7.41. The molecule has 1 saturated carbocycles. The van der Waals surface area contributed by atoms with Gasteiger partial charge in [0.1, 0.15) is 5.54 Å². The summed E-state index contributed by atoms with van der Waals surface area (Å²) in [6.07, 6.45) is 4.32. The zero-order chi connectivity index (χ0) is 12.3. The molecule has 90 valence electrons. The van der Waals surface area contributed by atoms with Crippen LogP contribution in [0.1, 0.15) is 40.0 Å². The third-order valence-corrected chi connectivity index (χ3v) is 3.08. The maximum absolute atomic E-state index is 11.7. The Bertz CT molecular complexity index is 331. The van der Waals surface area contributed by atoms with E-state index in [1.165, 1.54) is 0 Å². The highest BCUT2D eigenvalue weighted by Crippen LogP contribution is 2.39. The molecule has 0 aromatic carbocycles. The van der Waals surface area contributed by atoms with Crippen LogP contribution < -0.4 is 5.32 Å². The monoisotopic (exact) mass is 225 g/mol. The van der Waals surface area contributed by atoms with Crippen LogP contribution in [-0.4, -0.2) is 22.5 Å². The molecule has 1 rings (SSSR count). The Hall–Kier alpha value is -1.32. The van der Waals surface area contributed by atoms with Crippen LogP contribution in [0.2, 0.25) is 0 Å². The van der Waals surface area contributed by atoms with Crippen LogP contribution in [0.5, 0.6) is 0 Å². The van der Waals surface area contributed by atoms with E-state index in [1.54, 1.807) is 19.9 Å². The smallest absolute Gasteiger partial charge is 0.329 e. The van der Waals surface area contributed by atoms with Gasteiger partial charge in [-0.3, -0.25) is 4.79 Å². The number of allylic oxidation sites excluding steroid dienone is 1. The first-order valence-corrected chi connectivity index (χ1v) is 5.64. The summed E-state index contributed by atoms with van der Waals surface area (Å²) >= 11 is 0. The van der Waals surface area contributed by atoms with Gasteiger partial charge in [0, 0.05) is 5.57 Å². The molecule has 0 bridgehead atoms. The van der Waals surface area contributed by atoms with Gasteiger partial charge in [0.2, 0.25) is 5.91 Å². The fraction of sp³-hybridized carbons (Fsp3) is 0.667. The molecule has 1 unspecified atom stereocenters. The molecular formula is C12H19NO3. The van der Waals surface area contributed by atoms with Crippen molar-refractivity contribution in [2.24, 2.45) is 5.92 Å². The van der Waals surface area contributed by atoms with Crippen molar-refractivity contribution in [1.29, 1.82) is 0 Å². The Balaban J connectivity index is 2.73. The number of carboxylic acid groups (broad SMARTS) is 1. The molecule has 16 heavy (non-hydrogen) atoms. The summed E-state index contributed by atoms with van der Waals surface area (Å²) in [6.45, 7) is 5.23. The maximum Gasteiger partial charge on any atom is 0.329 e. The van der Waals surface area contributed by atoms with Crippen molar-refractivity contribution < 1.29 is 14.7 Å². The normalized spacial score (nSPS) is 20.1. The minimum absolute atomic E-state index is 0.0726. The molecule has 4 heteroatoms. The molecule has 0 spiro atoms. The molecule has 1 atom stereocenters. The highest BCUT2D eigenvalue weighted by atomic mass is 16.4. The summed E-state index contributed by atoms with van der Waals surface area (Å²) in [5.41, 5.74) is -0.532. The van der Waals surface area contributed by atoms with E-state index >= 15 is 0 Å². The number of hydrogen-bond donors (Lipinski definition) is 2. The van der Waals surface area contributed by atoms with Crippen molar-refractivity contribution >= 4 is 11.9 Å². The van der Waals surface area contributed by atoms with Crippen LogP contribution in [0, 0.1) is 5.92 Å². The molecule has 1 aliphatic rings. The summed E-state index contributed by atoms with van der Waals surface area (Å²) in [5, 5.41) is 11.8. The van der Waals surface area contributed by atoms with Crippen molar-refractivity contribution in [3.8, 4) is 0 Å². The molecule has 0 saturated heterocycles. The maximum atomic E-state index is 11.7. The van der Waals surface area contributed by atoms with E-state index in [-0.39, 0.29) is 11.8 Å². The molecule has 1 amide bonds. The highest BCUT2D eigenvalue weighted by molar-refractivity contribution is 5.96. The Morgan fingerprint density at radius 3 is 2.44 bits per heavy atom. The zero-order valence-electron chi connectivity index (χ0n) is 10.0. The Morgan fingerprint density at radius 2 is 2.06 bits per heavy atom. The van der Waals surface area contributed by atoms with E-state index in [2.05, 4.69) is 5.32 Å². The first-order valence-electron chi connectivity index (χ1n) is 5.64. The highest BCUT2D eigenvalue weighted by Gasteiger charge is 2.48. The van der Waals surface area contributed by atoms with Crippen LogP contribution in [0.3, 0.4) is 0 Å². The summed E-state index contributed by atoms with van der Waals surface area (Å²) in [7, 11) is 0. The fourth-order valence-corrected chi connectivity index (χ4v) is 1.72. The molecule has 0 aromatic rings. The molecular weight excluding hydrogens is 206 g/mol.